The minimum atomic E-state index is 0.378. The zero-order valence-corrected chi connectivity index (χ0v) is 13.8. The largest absolute Gasteiger partial charge is 0.369 e. The van der Waals surface area contributed by atoms with Crippen LogP contribution in [0.1, 0.15) is 11.4 Å². The standard InChI is InChI=1S/C17H21N7/c1-13-20-16-14(11-19-17(18)24(16)21-13)12-22-7-9-23(10-8-22)15-5-3-2-4-6-15/h2-6,11H,7-10,12H2,1H3,(H2,18,19). The Bertz CT molecular complexity index is 835. The average Bonchev–Trinajstić information content (AvgIpc) is 3.02. The Morgan fingerprint density at radius 2 is 1.83 bits per heavy atom. The van der Waals surface area contributed by atoms with Crippen molar-refractivity contribution in [3.05, 3.63) is 47.9 Å². The second-order valence-electron chi connectivity index (χ2n) is 6.13. The van der Waals surface area contributed by atoms with Crippen LogP contribution in [0.4, 0.5) is 11.6 Å². The number of hydrogen-bond acceptors (Lipinski definition) is 6. The van der Waals surface area contributed by atoms with Gasteiger partial charge in [-0.05, 0) is 19.1 Å². The van der Waals surface area contributed by atoms with Crippen molar-refractivity contribution < 1.29 is 0 Å². The summed E-state index contributed by atoms with van der Waals surface area (Å²) < 4.78 is 1.63. The number of fused-ring (bicyclic) bond motifs is 1. The molecule has 0 saturated carbocycles. The number of anilines is 2. The van der Waals surface area contributed by atoms with Gasteiger partial charge in [-0.25, -0.2) is 9.97 Å². The molecule has 3 aromatic rings. The molecule has 7 nitrogen and oxygen atoms in total. The van der Waals surface area contributed by atoms with Crippen LogP contribution in [0.25, 0.3) is 5.65 Å². The first-order chi connectivity index (χ1) is 11.7. The molecule has 0 radical (unpaired) electrons. The number of benzene rings is 1. The van der Waals surface area contributed by atoms with Crippen molar-refractivity contribution in [2.75, 3.05) is 36.8 Å². The van der Waals surface area contributed by atoms with Crippen LogP contribution in [0.5, 0.6) is 0 Å². The van der Waals surface area contributed by atoms with Crippen molar-refractivity contribution in [2.24, 2.45) is 0 Å². The summed E-state index contributed by atoms with van der Waals surface area (Å²) in [5, 5.41) is 4.31. The van der Waals surface area contributed by atoms with E-state index in [1.54, 1.807) is 4.52 Å². The normalized spacial score (nSPS) is 16.0. The van der Waals surface area contributed by atoms with E-state index in [0.717, 1.165) is 43.9 Å². The smallest absolute Gasteiger partial charge is 0.223 e. The molecule has 1 fully saturated rings. The van der Waals surface area contributed by atoms with Gasteiger partial charge in [0, 0.05) is 50.2 Å². The predicted molar refractivity (Wildman–Crippen MR) is 93.9 cm³/mol. The highest BCUT2D eigenvalue weighted by atomic mass is 15.3. The van der Waals surface area contributed by atoms with Crippen LogP contribution in [0.3, 0.4) is 0 Å². The summed E-state index contributed by atoms with van der Waals surface area (Å²) in [6, 6.07) is 10.6. The highest BCUT2D eigenvalue weighted by molar-refractivity contribution is 5.50. The fourth-order valence-corrected chi connectivity index (χ4v) is 3.19. The van der Waals surface area contributed by atoms with Gasteiger partial charge < -0.3 is 10.6 Å². The van der Waals surface area contributed by atoms with Gasteiger partial charge in [-0.2, -0.15) is 4.52 Å². The number of aryl methyl sites for hydroxylation is 1. The highest BCUT2D eigenvalue weighted by Crippen LogP contribution is 2.18. The zero-order valence-electron chi connectivity index (χ0n) is 13.8. The van der Waals surface area contributed by atoms with Crippen LogP contribution in [0, 0.1) is 6.92 Å². The molecule has 0 unspecified atom stereocenters. The van der Waals surface area contributed by atoms with Gasteiger partial charge in [0.15, 0.2) is 5.65 Å². The Hall–Kier alpha value is -2.67. The third-order valence-electron chi connectivity index (χ3n) is 4.46. The monoisotopic (exact) mass is 323 g/mol. The molecule has 0 atom stereocenters. The lowest BCUT2D eigenvalue weighted by molar-refractivity contribution is 0.250. The Morgan fingerprint density at radius 1 is 1.08 bits per heavy atom. The number of piperazine rings is 1. The molecule has 1 aliphatic heterocycles. The molecule has 0 amide bonds. The molecule has 7 heteroatoms. The highest BCUT2D eigenvalue weighted by Gasteiger charge is 2.19. The van der Waals surface area contributed by atoms with Crippen LogP contribution >= 0.6 is 0 Å². The fraction of sp³-hybridized carbons (Fsp3) is 0.353. The number of para-hydroxylation sites is 1. The van der Waals surface area contributed by atoms with Crippen molar-refractivity contribution in [3.8, 4) is 0 Å². The van der Waals surface area contributed by atoms with E-state index >= 15 is 0 Å². The van der Waals surface area contributed by atoms with Crippen LogP contribution < -0.4 is 10.6 Å². The van der Waals surface area contributed by atoms with Gasteiger partial charge in [0.05, 0.1) is 0 Å². The van der Waals surface area contributed by atoms with Crippen molar-refractivity contribution in [2.45, 2.75) is 13.5 Å². The van der Waals surface area contributed by atoms with Crippen molar-refractivity contribution in [3.63, 3.8) is 0 Å². The number of nitrogens with zero attached hydrogens (tertiary/aromatic N) is 6. The molecule has 124 valence electrons. The van der Waals surface area contributed by atoms with E-state index in [1.807, 2.05) is 13.1 Å². The van der Waals surface area contributed by atoms with Gasteiger partial charge >= 0.3 is 0 Å². The first-order valence-electron chi connectivity index (χ1n) is 8.20. The number of aromatic nitrogens is 4. The van der Waals surface area contributed by atoms with E-state index in [1.165, 1.54) is 5.69 Å². The Labute approximate surface area is 140 Å². The summed E-state index contributed by atoms with van der Waals surface area (Å²) in [5.41, 5.74) is 9.05. The SMILES string of the molecule is Cc1nc2c(CN3CCN(c4ccccc4)CC3)cnc(N)n2n1. The van der Waals surface area contributed by atoms with E-state index in [4.69, 9.17) is 5.73 Å². The third kappa shape index (κ3) is 2.78. The first-order valence-corrected chi connectivity index (χ1v) is 8.20. The summed E-state index contributed by atoms with van der Waals surface area (Å²) in [6.07, 6.45) is 1.82. The number of rotatable bonds is 3. The molecule has 0 spiro atoms. The molecule has 2 N–H and O–H groups in total. The Balaban J connectivity index is 1.47. The third-order valence-corrected chi connectivity index (χ3v) is 4.46. The van der Waals surface area contributed by atoms with Gasteiger partial charge in [-0.3, -0.25) is 4.90 Å². The van der Waals surface area contributed by atoms with Crippen molar-refractivity contribution in [1.29, 1.82) is 0 Å². The number of hydrogen-bond donors (Lipinski definition) is 1. The van der Waals surface area contributed by atoms with E-state index in [2.05, 4.69) is 55.2 Å². The average molecular weight is 323 g/mol. The molecule has 24 heavy (non-hydrogen) atoms. The minimum Gasteiger partial charge on any atom is -0.369 e. The van der Waals surface area contributed by atoms with Gasteiger partial charge in [-0.1, -0.05) is 18.2 Å². The maximum absolute atomic E-state index is 5.88. The summed E-state index contributed by atoms with van der Waals surface area (Å²) >= 11 is 0. The minimum absolute atomic E-state index is 0.378. The number of nitrogen functional groups attached to an aromatic ring is 1. The predicted octanol–water partition coefficient (Wildman–Crippen LogP) is 1.34. The maximum Gasteiger partial charge on any atom is 0.223 e. The molecule has 1 saturated heterocycles. The molecular weight excluding hydrogens is 302 g/mol. The fourth-order valence-electron chi connectivity index (χ4n) is 3.19. The van der Waals surface area contributed by atoms with Crippen molar-refractivity contribution >= 4 is 17.3 Å². The van der Waals surface area contributed by atoms with Gasteiger partial charge in [0.1, 0.15) is 5.82 Å². The summed E-state index contributed by atoms with van der Waals surface area (Å²) in [6.45, 7) is 6.76. The number of nitrogens with two attached hydrogens (primary N) is 1. The summed E-state index contributed by atoms with van der Waals surface area (Å²) in [7, 11) is 0. The van der Waals surface area contributed by atoms with Gasteiger partial charge in [0.25, 0.3) is 0 Å². The quantitative estimate of drug-likeness (QED) is 0.784. The summed E-state index contributed by atoms with van der Waals surface area (Å²) in [4.78, 5) is 13.6. The molecule has 4 rings (SSSR count). The maximum atomic E-state index is 5.88. The van der Waals surface area contributed by atoms with Gasteiger partial charge in [0.2, 0.25) is 5.95 Å². The second-order valence-corrected chi connectivity index (χ2v) is 6.13. The lowest BCUT2D eigenvalue weighted by atomic mass is 10.2. The molecule has 1 aromatic carbocycles. The summed E-state index contributed by atoms with van der Waals surface area (Å²) in [5.74, 6) is 1.09. The molecule has 1 aliphatic rings. The Morgan fingerprint density at radius 3 is 2.58 bits per heavy atom. The Kier molecular flexibility index (Phi) is 3.78. The molecule has 0 bridgehead atoms. The second kappa shape index (κ2) is 6.09. The first kappa shape index (κ1) is 14.9. The van der Waals surface area contributed by atoms with Crippen LogP contribution in [-0.2, 0) is 6.54 Å². The van der Waals surface area contributed by atoms with Gasteiger partial charge in [-0.15, -0.1) is 5.10 Å². The van der Waals surface area contributed by atoms with E-state index in [-0.39, 0.29) is 0 Å². The van der Waals surface area contributed by atoms with Crippen LogP contribution in [0.2, 0.25) is 0 Å². The lowest BCUT2D eigenvalue weighted by Crippen LogP contribution is -2.46. The van der Waals surface area contributed by atoms with E-state index in [0.29, 0.717) is 11.8 Å². The molecule has 0 aliphatic carbocycles. The molecule has 2 aromatic heterocycles. The van der Waals surface area contributed by atoms with Crippen LogP contribution in [0.15, 0.2) is 36.5 Å². The molecular formula is C17H21N7. The van der Waals surface area contributed by atoms with Crippen LogP contribution in [-0.4, -0.2) is 50.7 Å². The lowest BCUT2D eigenvalue weighted by Gasteiger charge is -2.36. The topological polar surface area (TPSA) is 75.6 Å². The van der Waals surface area contributed by atoms with E-state index < -0.39 is 0 Å². The van der Waals surface area contributed by atoms with E-state index in [9.17, 15) is 0 Å². The zero-order chi connectivity index (χ0) is 16.5. The van der Waals surface area contributed by atoms with Crippen molar-refractivity contribution in [1.82, 2.24) is 24.5 Å². The molecule has 3 heterocycles.